The van der Waals surface area contributed by atoms with Crippen molar-refractivity contribution in [3.05, 3.63) is 57.6 Å². The molecule has 4 heteroatoms. The molecular formula is C18H22O3P+. The molecule has 0 saturated heterocycles. The van der Waals surface area contributed by atoms with E-state index in [4.69, 9.17) is 9.05 Å². The molecule has 0 atom stereocenters. The maximum atomic E-state index is 12.3. The van der Waals surface area contributed by atoms with Crippen LogP contribution in [-0.4, -0.2) is 0 Å². The van der Waals surface area contributed by atoms with Crippen LogP contribution in [0.5, 0.6) is 11.5 Å². The lowest BCUT2D eigenvalue weighted by atomic mass is 10.1. The molecule has 116 valence electrons. The van der Waals surface area contributed by atoms with Crippen LogP contribution < -0.4 is 9.05 Å². The average molecular weight is 317 g/mol. The molecule has 0 aromatic heterocycles. The summed E-state index contributed by atoms with van der Waals surface area (Å²) in [6, 6.07) is 8.03. The van der Waals surface area contributed by atoms with Crippen LogP contribution in [0.1, 0.15) is 33.4 Å². The Labute approximate surface area is 133 Å². The first-order valence-corrected chi connectivity index (χ1v) is 8.36. The quantitative estimate of drug-likeness (QED) is 0.683. The standard InChI is InChI=1S/C18H22O3P/c1-11-7-13(3)17(14(4)8-11)20-22(19)21-18-15(5)9-12(2)10-16(18)6/h7-10H,1-6H3/q+1. The van der Waals surface area contributed by atoms with Crippen molar-refractivity contribution in [3.8, 4) is 11.5 Å². The molecule has 2 aromatic rings. The lowest BCUT2D eigenvalue weighted by Crippen LogP contribution is -1.97. The Morgan fingerprint density at radius 1 is 0.636 bits per heavy atom. The molecule has 0 N–H and O–H groups in total. The SMILES string of the molecule is Cc1cc(C)c(O[P+](=O)Oc2c(C)cc(C)cc2C)c(C)c1. The molecule has 3 nitrogen and oxygen atoms in total. The third-order valence-corrected chi connectivity index (χ3v) is 4.20. The molecule has 22 heavy (non-hydrogen) atoms. The topological polar surface area (TPSA) is 35.5 Å². The Morgan fingerprint density at radius 3 is 1.18 bits per heavy atom. The second-order valence-electron chi connectivity index (χ2n) is 5.86. The van der Waals surface area contributed by atoms with Gasteiger partial charge < -0.3 is 0 Å². The summed E-state index contributed by atoms with van der Waals surface area (Å²) in [5.74, 6) is 1.27. The summed E-state index contributed by atoms with van der Waals surface area (Å²) in [4.78, 5) is 0. The zero-order chi connectivity index (χ0) is 16.4. The molecule has 0 radical (unpaired) electrons. The molecule has 0 aliphatic rings. The van der Waals surface area contributed by atoms with Crippen LogP contribution in [-0.2, 0) is 4.57 Å². The highest BCUT2D eigenvalue weighted by Gasteiger charge is 2.28. The van der Waals surface area contributed by atoms with Gasteiger partial charge in [0, 0.05) is 4.57 Å². The highest BCUT2D eigenvalue weighted by molar-refractivity contribution is 7.34. The van der Waals surface area contributed by atoms with Crippen LogP contribution in [0.2, 0.25) is 0 Å². The summed E-state index contributed by atoms with van der Waals surface area (Å²) in [7, 11) is -2.27. The summed E-state index contributed by atoms with van der Waals surface area (Å²) in [6.45, 7) is 11.8. The highest BCUT2D eigenvalue weighted by Crippen LogP contribution is 2.37. The van der Waals surface area contributed by atoms with Crippen LogP contribution >= 0.6 is 8.25 Å². The molecule has 0 unspecified atom stereocenters. The molecule has 0 bridgehead atoms. The maximum absolute atomic E-state index is 12.3. The Hall–Kier alpha value is -1.86. The normalized spacial score (nSPS) is 10.5. The summed E-state index contributed by atoms with van der Waals surface area (Å²) in [5.41, 5.74) is 6.15. The van der Waals surface area contributed by atoms with E-state index in [0.717, 1.165) is 33.4 Å². The van der Waals surface area contributed by atoms with Crippen LogP contribution in [0.3, 0.4) is 0 Å². The first kappa shape index (κ1) is 16.5. The van der Waals surface area contributed by atoms with Crippen LogP contribution in [0, 0.1) is 41.5 Å². The molecule has 0 aliphatic heterocycles. The van der Waals surface area contributed by atoms with Crippen LogP contribution in [0.4, 0.5) is 0 Å². The van der Waals surface area contributed by atoms with E-state index in [9.17, 15) is 4.57 Å². The number of rotatable bonds is 4. The smallest absolute Gasteiger partial charge is 0.222 e. The molecule has 2 rings (SSSR count). The summed E-state index contributed by atoms with van der Waals surface area (Å²) >= 11 is 0. The molecule has 0 saturated carbocycles. The van der Waals surface area contributed by atoms with E-state index in [1.54, 1.807) is 0 Å². The minimum atomic E-state index is -2.27. The third kappa shape index (κ3) is 3.66. The summed E-state index contributed by atoms with van der Waals surface area (Å²) in [6.07, 6.45) is 0. The fourth-order valence-corrected chi connectivity index (χ4v) is 3.70. The third-order valence-electron chi connectivity index (χ3n) is 3.54. The van der Waals surface area contributed by atoms with Crippen molar-refractivity contribution in [1.82, 2.24) is 0 Å². The highest BCUT2D eigenvalue weighted by atomic mass is 31.1. The van der Waals surface area contributed by atoms with Crippen molar-refractivity contribution >= 4 is 8.25 Å². The number of aryl methyl sites for hydroxylation is 6. The molecular weight excluding hydrogens is 295 g/mol. The van der Waals surface area contributed by atoms with E-state index in [2.05, 4.69) is 0 Å². The fraction of sp³-hybridized carbons (Fsp3) is 0.333. The number of hydrogen-bond acceptors (Lipinski definition) is 3. The molecule has 0 fully saturated rings. The Balaban J connectivity index is 2.22. The van der Waals surface area contributed by atoms with E-state index in [0.29, 0.717) is 11.5 Å². The van der Waals surface area contributed by atoms with Crippen LogP contribution in [0.15, 0.2) is 24.3 Å². The van der Waals surface area contributed by atoms with Gasteiger partial charge >= 0.3 is 8.25 Å². The molecule has 0 heterocycles. The van der Waals surface area contributed by atoms with Crippen molar-refractivity contribution in [3.63, 3.8) is 0 Å². The Bertz CT molecular complexity index is 628. The van der Waals surface area contributed by atoms with Gasteiger partial charge in [-0.05, 0) is 63.8 Å². The maximum Gasteiger partial charge on any atom is 0.805 e. The molecule has 2 aromatic carbocycles. The van der Waals surface area contributed by atoms with Gasteiger partial charge in [0.25, 0.3) is 0 Å². The van der Waals surface area contributed by atoms with Gasteiger partial charge in [0.1, 0.15) is 0 Å². The van der Waals surface area contributed by atoms with Crippen molar-refractivity contribution in [2.75, 3.05) is 0 Å². The van der Waals surface area contributed by atoms with E-state index >= 15 is 0 Å². The van der Waals surface area contributed by atoms with Gasteiger partial charge in [-0.2, -0.15) is 0 Å². The minimum absolute atomic E-state index is 0.633. The second-order valence-corrected chi connectivity index (χ2v) is 6.67. The van der Waals surface area contributed by atoms with E-state index in [1.165, 1.54) is 0 Å². The Kier molecular flexibility index (Phi) is 4.87. The van der Waals surface area contributed by atoms with Gasteiger partial charge in [-0.25, -0.2) is 9.05 Å². The average Bonchev–Trinajstić information content (AvgIpc) is 2.38. The van der Waals surface area contributed by atoms with Crippen molar-refractivity contribution in [2.24, 2.45) is 0 Å². The zero-order valence-electron chi connectivity index (χ0n) is 14.0. The lowest BCUT2D eigenvalue weighted by Gasteiger charge is -2.07. The van der Waals surface area contributed by atoms with Gasteiger partial charge in [-0.1, -0.05) is 35.4 Å². The first-order valence-electron chi connectivity index (χ1n) is 7.27. The molecule has 0 amide bonds. The first-order chi connectivity index (χ1) is 10.3. The summed E-state index contributed by atoms with van der Waals surface area (Å²) < 4.78 is 23.4. The van der Waals surface area contributed by atoms with Crippen molar-refractivity contribution in [1.29, 1.82) is 0 Å². The predicted molar refractivity (Wildman–Crippen MR) is 90.2 cm³/mol. The van der Waals surface area contributed by atoms with E-state index in [1.807, 2.05) is 65.8 Å². The van der Waals surface area contributed by atoms with Gasteiger partial charge in [-0.15, -0.1) is 0 Å². The van der Waals surface area contributed by atoms with Gasteiger partial charge in [0.05, 0.1) is 0 Å². The molecule has 0 aliphatic carbocycles. The van der Waals surface area contributed by atoms with E-state index in [-0.39, 0.29) is 0 Å². The van der Waals surface area contributed by atoms with Gasteiger partial charge in [0.15, 0.2) is 11.5 Å². The predicted octanol–water partition coefficient (Wildman–Crippen LogP) is 5.65. The van der Waals surface area contributed by atoms with Crippen molar-refractivity contribution < 1.29 is 13.6 Å². The number of hydrogen-bond donors (Lipinski definition) is 0. The van der Waals surface area contributed by atoms with Crippen molar-refractivity contribution in [2.45, 2.75) is 41.5 Å². The van der Waals surface area contributed by atoms with Crippen LogP contribution in [0.25, 0.3) is 0 Å². The van der Waals surface area contributed by atoms with Gasteiger partial charge in [-0.3, -0.25) is 0 Å². The minimum Gasteiger partial charge on any atom is -0.222 e. The summed E-state index contributed by atoms with van der Waals surface area (Å²) in [5, 5.41) is 0. The fourth-order valence-electron chi connectivity index (χ4n) is 2.79. The number of benzene rings is 2. The molecule has 0 spiro atoms. The second kappa shape index (κ2) is 6.50. The largest absolute Gasteiger partial charge is 0.805 e. The monoisotopic (exact) mass is 317 g/mol. The van der Waals surface area contributed by atoms with E-state index < -0.39 is 8.25 Å². The van der Waals surface area contributed by atoms with Gasteiger partial charge in [0.2, 0.25) is 0 Å². The zero-order valence-corrected chi connectivity index (χ0v) is 14.9. The lowest BCUT2D eigenvalue weighted by molar-refractivity contribution is 0.411. The Morgan fingerprint density at radius 2 is 0.909 bits per heavy atom.